The van der Waals surface area contributed by atoms with Gasteiger partial charge in [-0.25, -0.2) is 0 Å². The van der Waals surface area contributed by atoms with E-state index in [4.69, 9.17) is 55.8 Å². The first-order valence-electron chi connectivity index (χ1n) is 6.32. The Balaban J connectivity index is -0.00000000705. The quantitative estimate of drug-likeness (QED) is 0.133. The molecule has 12 nitrogen and oxygen atoms in total. The van der Waals surface area contributed by atoms with E-state index in [0.29, 0.717) is 0 Å². The molecule has 0 saturated heterocycles. The van der Waals surface area contributed by atoms with Gasteiger partial charge in [0, 0.05) is 68.3 Å². The third-order valence-electron chi connectivity index (χ3n) is 0.667. The zero-order valence-electron chi connectivity index (χ0n) is 20.5. The van der Waals surface area contributed by atoms with Crippen molar-refractivity contribution in [3.05, 3.63) is 79.8 Å². The summed E-state index contributed by atoms with van der Waals surface area (Å²) in [6, 6.07) is 0. The van der Waals surface area contributed by atoms with E-state index in [2.05, 4.69) is 175 Å². The Kier molecular flexibility index (Phi) is 2450. The minimum atomic E-state index is 0. The molecule has 2 radical (unpaired) electrons. The molecule has 0 N–H and O–H groups in total. The molecular weight excluding hydrogens is 975 g/mol. The van der Waals surface area contributed by atoms with Crippen LogP contribution in [0.5, 0.6) is 0 Å². The zero-order valence-corrected chi connectivity index (χ0v) is 31.2. The summed E-state index contributed by atoms with van der Waals surface area (Å²) in [6.45, 7) is 62.9. The maximum Gasteiger partial charge on any atom is 0 e. The van der Waals surface area contributed by atoms with Crippen LogP contribution in [0.2, 0.25) is 8.94 Å². The van der Waals surface area contributed by atoms with Crippen LogP contribution in [0.1, 0.15) is 27.7 Å². The third-order valence-corrected chi connectivity index (χ3v) is 4.47. The summed E-state index contributed by atoms with van der Waals surface area (Å²) in [5.41, 5.74) is 0. The number of hydrogen-bond donors (Lipinski definition) is 0. The summed E-state index contributed by atoms with van der Waals surface area (Å²) in [5, 5.41) is 0. The molecule has 0 aromatic carbocycles. The van der Waals surface area contributed by atoms with Crippen molar-refractivity contribution in [2.75, 3.05) is 0 Å². The average molecular weight is 993 g/mol. The molecular formula is C20H18Fe4O12S2Te2-2. The summed E-state index contributed by atoms with van der Waals surface area (Å²) >= 11 is 11.6. The van der Waals surface area contributed by atoms with Gasteiger partial charge in [0.05, 0.1) is 0 Å². The Morgan fingerprint density at radius 2 is 0.375 bits per heavy atom. The first-order valence-corrected chi connectivity index (χ1v) is 10.9. The van der Waals surface area contributed by atoms with E-state index in [1.807, 2.05) is 0 Å². The van der Waals surface area contributed by atoms with Gasteiger partial charge in [-0.3, -0.25) is 0 Å². The van der Waals surface area contributed by atoms with Crippen LogP contribution < -0.4 is 0 Å². The normalized spacial score (nSPS) is 3.15. The van der Waals surface area contributed by atoms with Crippen LogP contribution >= 0.6 is 0 Å². The smallest absolute Gasteiger partial charge is 0 e. The van der Waals surface area contributed by atoms with Gasteiger partial charge in [-0.2, -0.15) is 0 Å². The van der Waals surface area contributed by atoms with Crippen molar-refractivity contribution >= 4 is 67.9 Å². The molecule has 0 amide bonds. The van der Waals surface area contributed by atoms with Crippen molar-refractivity contribution in [2.24, 2.45) is 11.8 Å². The maximum absolute atomic E-state index is 7.50. The molecule has 0 atom stereocenters. The zero-order chi connectivity index (χ0) is 34.6. The molecule has 40 heavy (non-hydrogen) atoms. The van der Waals surface area contributed by atoms with Crippen LogP contribution in [0.4, 0.5) is 0 Å². The second kappa shape index (κ2) is 726. The predicted molar refractivity (Wildman–Crippen MR) is 113 cm³/mol. The second-order valence-corrected chi connectivity index (χ2v) is 5.02. The Morgan fingerprint density at radius 1 is 0.350 bits per heavy atom. The summed E-state index contributed by atoms with van der Waals surface area (Å²) < 4.78 is 92.6. The van der Waals surface area contributed by atoms with Crippen LogP contribution in [0.25, 0.3) is 0 Å². The van der Waals surface area contributed by atoms with Gasteiger partial charge in [-0.1, -0.05) is 0 Å². The molecule has 0 spiro atoms. The number of rotatable bonds is 2. The van der Waals surface area contributed by atoms with E-state index in [1.165, 1.54) is 8.94 Å². The summed E-state index contributed by atoms with van der Waals surface area (Å²) in [5.74, 6) is 1.78. The first kappa shape index (κ1) is 135. The third kappa shape index (κ3) is 2090. The van der Waals surface area contributed by atoms with Gasteiger partial charge < -0.3 is 23.3 Å². The van der Waals surface area contributed by atoms with Crippen molar-refractivity contribution in [1.29, 1.82) is 0 Å². The standard InChI is InChI=1S/2C4H9Te.12CO.4Fe.S2/c2*1-4(2)3-5;12*1-2;;;;;1-2/h2*4H,3H2,1-2H3;;;;;;;;;;;;;;;;;/q;;;;;;;;;;;;;;;;;;-2. The summed E-state index contributed by atoms with van der Waals surface area (Å²) in [4.78, 5) is 0. The van der Waals surface area contributed by atoms with Crippen molar-refractivity contribution in [1.82, 2.24) is 0 Å². The number of hydrogen-bond acceptors (Lipinski definition) is 2. The molecule has 0 aromatic rings. The van der Waals surface area contributed by atoms with Crippen molar-refractivity contribution in [2.45, 2.75) is 36.6 Å². The van der Waals surface area contributed by atoms with Gasteiger partial charge in [-0.15, -0.1) is 0 Å². The Morgan fingerprint density at radius 3 is 0.375 bits per heavy atom. The molecule has 0 aliphatic heterocycles. The predicted octanol–water partition coefficient (Wildman–Crippen LogP) is 1.99. The average Bonchev–Trinajstić information content (AvgIpc) is 3.06. The Bertz CT molecular complexity index is 354. The van der Waals surface area contributed by atoms with Gasteiger partial charge in [0.2, 0.25) is 0 Å². The molecule has 0 unspecified atom stereocenters. The fourth-order valence-corrected chi connectivity index (χ4v) is 0. The van der Waals surface area contributed by atoms with Gasteiger partial charge in [0.15, 0.2) is 0 Å². The van der Waals surface area contributed by atoms with Crippen molar-refractivity contribution in [3.63, 3.8) is 0 Å². The Hall–Kier alpha value is 1.24. The minimum absolute atomic E-state index is 0. The fourth-order valence-electron chi connectivity index (χ4n) is 0. The molecule has 0 aliphatic carbocycles. The molecule has 228 valence electrons. The monoisotopic (exact) mass is 998 g/mol. The fraction of sp³-hybridized carbons (Fsp3) is 0.400. The largest absolute Gasteiger partial charge is 1.00 e. The van der Waals surface area contributed by atoms with Gasteiger partial charge in [0.1, 0.15) is 0 Å². The van der Waals surface area contributed by atoms with E-state index in [9.17, 15) is 0 Å². The molecule has 0 saturated carbocycles. The Labute approximate surface area is 316 Å². The molecule has 0 aromatic heterocycles. The molecule has 0 aliphatic rings. The molecule has 0 fully saturated rings. The van der Waals surface area contributed by atoms with Crippen molar-refractivity contribution < 1.29 is 124 Å². The molecule has 0 bridgehead atoms. The van der Waals surface area contributed by atoms with Crippen LogP contribution in [0, 0.1) is 91.6 Å². The second-order valence-electron chi connectivity index (χ2n) is 3.12. The van der Waals surface area contributed by atoms with E-state index in [0.717, 1.165) is 11.8 Å². The van der Waals surface area contributed by atoms with E-state index < -0.39 is 0 Å². The van der Waals surface area contributed by atoms with Crippen LogP contribution in [0.3, 0.4) is 0 Å². The first-order chi connectivity index (χ1) is 17.5. The van der Waals surface area contributed by atoms with E-state index >= 15 is 0 Å². The molecule has 0 heterocycles. The molecule has 0 rings (SSSR count). The van der Waals surface area contributed by atoms with Crippen molar-refractivity contribution in [3.8, 4) is 0 Å². The van der Waals surface area contributed by atoms with Crippen LogP contribution in [-0.2, 0) is 147 Å². The van der Waals surface area contributed by atoms with Gasteiger partial charge in [-0.05, 0) is 0 Å². The van der Waals surface area contributed by atoms with Crippen LogP contribution in [-0.4, -0.2) is 44.6 Å². The van der Waals surface area contributed by atoms with Crippen LogP contribution in [0.15, 0.2) is 0 Å². The topological polar surface area (TPSA) is 239 Å². The van der Waals surface area contributed by atoms with E-state index in [1.54, 1.807) is 0 Å². The summed E-state index contributed by atoms with van der Waals surface area (Å²) in [7, 11) is 0. The summed E-state index contributed by atoms with van der Waals surface area (Å²) in [6.07, 6.45) is 0. The minimum Gasteiger partial charge on any atom is -1.00 e. The van der Waals surface area contributed by atoms with Gasteiger partial charge >= 0.3 is 229 Å². The van der Waals surface area contributed by atoms with E-state index in [-0.39, 0.29) is 68.3 Å². The molecule has 20 heteroatoms. The SMILES string of the molecule is CC(C)C[Te].CC(C)C[Te].[C-]#[O+].[C-]#[O+].[C-]#[O+].[C-]#[O+].[C-]#[O+].[C-]#[O+].[C-]#[O+].[C-]#[O+].[C-]#[O+].[C-]#[O+].[C-]#[O+].[C-]#[O+].[Fe].[Fe].[Fe].[Fe].[S-][S-]. The maximum atomic E-state index is 7.50. The van der Waals surface area contributed by atoms with Gasteiger partial charge in [0.25, 0.3) is 0 Å².